The molecule has 3 fully saturated rings. The number of rotatable bonds is 12. The van der Waals surface area contributed by atoms with E-state index in [2.05, 4.69) is 0 Å². The van der Waals surface area contributed by atoms with Crippen LogP contribution in [0.25, 0.3) is 6.08 Å². The summed E-state index contributed by atoms with van der Waals surface area (Å²) in [5, 5.41) is 0. The molecule has 1 saturated carbocycles. The summed E-state index contributed by atoms with van der Waals surface area (Å²) in [6.07, 6.45) is -2.20. The summed E-state index contributed by atoms with van der Waals surface area (Å²) in [5.41, 5.74) is 2.82. The molecule has 11 nitrogen and oxygen atoms in total. The molecule has 3 aromatic rings. The van der Waals surface area contributed by atoms with Gasteiger partial charge in [-0.1, -0.05) is 18.2 Å². The third kappa shape index (κ3) is 7.32. The van der Waals surface area contributed by atoms with Crippen LogP contribution < -0.4 is 14.4 Å². The molecule has 0 bridgehead atoms. The quantitative estimate of drug-likeness (QED) is 0.0826. The van der Waals surface area contributed by atoms with E-state index in [1.54, 1.807) is 49.4 Å². The first kappa shape index (κ1) is 36.0. The molecule has 4 amide bonds. The van der Waals surface area contributed by atoms with Crippen LogP contribution in [0.2, 0.25) is 0 Å². The lowest BCUT2D eigenvalue weighted by Gasteiger charge is -2.36. The van der Waals surface area contributed by atoms with Gasteiger partial charge in [0.05, 0.1) is 48.1 Å². The number of benzene rings is 3. The highest BCUT2D eigenvalue weighted by Gasteiger charge is 2.73. The second-order valence-electron chi connectivity index (χ2n) is 12.8. The molecule has 52 heavy (non-hydrogen) atoms. The number of ether oxygens (including phenoxy) is 3. The first-order valence-electron chi connectivity index (χ1n) is 16.5. The number of anilines is 1. The van der Waals surface area contributed by atoms with Gasteiger partial charge in [-0.15, -0.1) is 0 Å². The van der Waals surface area contributed by atoms with E-state index in [1.165, 1.54) is 43.5 Å². The Balaban J connectivity index is 0.942. The fraction of sp³-hybridized carbons (Fsp3) is 0.316. The van der Waals surface area contributed by atoms with Crippen LogP contribution in [0.1, 0.15) is 39.9 Å². The number of carbonyl (C=O) groups is 6. The van der Waals surface area contributed by atoms with Crippen molar-refractivity contribution in [2.24, 2.45) is 23.7 Å². The van der Waals surface area contributed by atoms with Gasteiger partial charge in [0.15, 0.2) is 0 Å². The highest BCUT2D eigenvalue weighted by atomic mass is 19.4. The minimum absolute atomic E-state index is 0.0657. The second-order valence-corrected chi connectivity index (χ2v) is 12.8. The number of halogens is 3. The maximum atomic E-state index is 13.2. The summed E-state index contributed by atoms with van der Waals surface area (Å²) in [4.78, 5) is 78.2. The molecule has 3 aliphatic rings. The fourth-order valence-electron chi connectivity index (χ4n) is 6.73. The van der Waals surface area contributed by atoms with Gasteiger partial charge in [0.1, 0.15) is 11.5 Å². The molecule has 0 N–H and O–H groups in total. The monoisotopic (exact) mass is 718 g/mol. The van der Waals surface area contributed by atoms with Crippen molar-refractivity contribution in [3.63, 3.8) is 0 Å². The molecule has 0 aromatic heterocycles. The highest BCUT2D eigenvalue weighted by Crippen LogP contribution is 2.56. The first-order chi connectivity index (χ1) is 24.7. The smallest absolute Gasteiger partial charge is 0.389 e. The van der Waals surface area contributed by atoms with Gasteiger partial charge in [0.2, 0.25) is 23.6 Å². The lowest BCUT2D eigenvalue weighted by Crippen LogP contribution is -2.50. The van der Waals surface area contributed by atoms with E-state index in [1.807, 2.05) is 0 Å². The molecule has 0 spiro atoms. The fourth-order valence-corrected chi connectivity index (χ4v) is 6.73. The average molecular weight is 719 g/mol. The molecule has 4 atom stereocenters. The zero-order chi connectivity index (χ0) is 37.3. The Morgan fingerprint density at radius 2 is 1.38 bits per heavy atom. The molecule has 270 valence electrons. The van der Waals surface area contributed by atoms with Gasteiger partial charge in [-0.2, -0.15) is 13.2 Å². The summed E-state index contributed by atoms with van der Waals surface area (Å²) in [5.74, 6) is -5.65. The second kappa shape index (κ2) is 14.4. The molecule has 2 aliphatic heterocycles. The van der Waals surface area contributed by atoms with Crippen LogP contribution in [0.3, 0.4) is 0 Å². The minimum Gasteiger partial charge on any atom is -0.494 e. The van der Waals surface area contributed by atoms with E-state index in [0.29, 0.717) is 23.4 Å². The number of fused-ring (bicyclic) bond motifs is 4. The van der Waals surface area contributed by atoms with E-state index in [0.717, 1.165) is 20.9 Å². The number of hydrogen-bond acceptors (Lipinski definition) is 9. The average Bonchev–Trinajstić information content (AvgIpc) is 3.40. The van der Waals surface area contributed by atoms with E-state index < -0.39 is 71.8 Å². The van der Waals surface area contributed by atoms with Crippen molar-refractivity contribution in [3.05, 3.63) is 95.1 Å². The van der Waals surface area contributed by atoms with E-state index in [9.17, 15) is 41.9 Å². The van der Waals surface area contributed by atoms with Crippen molar-refractivity contribution in [1.82, 2.24) is 4.90 Å². The predicted molar refractivity (Wildman–Crippen MR) is 178 cm³/mol. The first-order valence-corrected chi connectivity index (χ1v) is 16.5. The lowest BCUT2D eigenvalue weighted by atomic mass is 9.59. The number of esters is 2. The van der Waals surface area contributed by atoms with Crippen LogP contribution in [-0.4, -0.2) is 66.9 Å². The predicted octanol–water partition coefficient (Wildman–Crippen LogP) is 5.08. The van der Waals surface area contributed by atoms with Crippen molar-refractivity contribution in [3.8, 4) is 11.5 Å². The van der Waals surface area contributed by atoms with Gasteiger partial charge >= 0.3 is 18.1 Å². The van der Waals surface area contributed by atoms with E-state index >= 15 is 0 Å². The number of nitrogens with zero attached hydrogens (tertiary/aromatic N) is 2. The zero-order valence-corrected chi connectivity index (χ0v) is 28.1. The lowest BCUT2D eigenvalue weighted by molar-refractivity contribution is -0.146. The standard InChI is InChI=1S/C38H33F3N2O9/c1-21-20-25(43-35(47)31-29-30(32(31)36(43)48)34(46)42(2)33(29)45)10-7-23(21)16-19-51-28(44)15-6-22-4-11-27(12-5-22)52-37(49)24-8-13-26(14-9-24)50-18-3-17-38(39,40)41/h4-15,20,29-32H,3,16-19H2,1-2H3/b15-6+. The maximum absolute atomic E-state index is 13.2. The number of carbonyl (C=O) groups excluding carboxylic acids is 6. The van der Waals surface area contributed by atoms with Gasteiger partial charge in [-0.05, 0) is 84.6 Å². The summed E-state index contributed by atoms with van der Waals surface area (Å²) >= 11 is 0. The van der Waals surface area contributed by atoms with Crippen molar-refractivity contribution in [2.75, 3.05) is 25.2 Å². The maximum Gasteiger partial charge on any atom is 0.389 e. The van der Waals surface area contributed by atoms with Crippen LogP contribution in [0.4, 0.5) is 18.9 Å². The van der Waals surface area contributed by atoms with E-state index in [-0.39, 0.29) is 30.9 Å². The Labute approximate surface area is 295 Å². The van der Waals surface area contributed by atoms with Gasteiger partial charge < -0.3 is 14.2 Å². The van der Waals surface area contributed by atoms with Crippen molar-refractivity contribution < 1.29 is 56.1 Å². The summed E-state index contributed by atoms with van der Waals surface area (Å²) in [7, 11) is 1.37. The third-order valence-electron chi connectivity index (χ3n) is 9.46. The molecule has 1 aliphatic carbocycles. The molecule has 2 saturated heterocycles. The minimum atomic E-state index is -4.24. The number of aryl methyl sites for hydroxylation is 1. The summed E-state index contributed by atoms with van der Waals surface area (Å²) in [6.45, 7) is 1.76. The van der Waals surface area contributed by atoms with Crippen molar-refractivity contribution in [1.29, 1.82) is 0 Å². The van der Waals surface area contributed by atoms with Gasteiger partial charge in [0, 0.05) is 26.0 Å². The Morgan fingerprint density at radius 1 is 0.788 bits per heavy atom. The molecule has 3 aromatic carbocycles. The Morgan fingerprint density at radius 3 is 1.98 bits per heavy atom. The Hall–Kier alpha value is -5.79. The van der Waals surface area contributed by atoms with Crippen molar-refractivity contribution in [2.45, 2.75) is 32.4 Å². The van der Waals surface area contributed by atoms with E-state index in [4.69, 9.17) is 14.2 Å². The van der Waals surface area contributed by atoms with Gasteiger partial charge in [-0.3, -0.25) is 29.0 Å². The molecule has 4 unspecified atom stereocenters. The van der Waals surface area contributed by atoms with Crippen LogP contribution in [0.5, 0.6) is 11.5 Å². The molecular formula is C38H33F3N2O9. The molecule has 2 heterocycles. The largest absolute Gasteiger partial charge is 0.494 e. The number of imide groups is 2. The molecular weight excluding hydrogens is 685 g/mol. The van der Waals surface area contributed by atoms with Crippen LogP contribution >= 0.6 is 0 Å². The Kier molecular flexibility index (Phi) is 10.0. The number of likely N-dealkylation sites (tertiary alicyclic amines) is 1. The normalized spacial score (nSPS) is 20.9. The third-order valence-corrected chi connectivity index (χ3v) is 9.46. The topological polar surface area (TPSA) is 137 Å². The van der Waals surface area contributed by atoms with Crippen LogP contribution in [0, 0.1) is 30.6 Å². The zero-order valence-electron chi connectivity index (χ0n) is 28.1. The molecule has 0 radical (unpaired) electrons. The molecule has 6 rings (SSSR count). The highest BCUT2D eigenvalue weighted by molar-refractivity contribution is 6.27. The summed E-state index contributed by atoms with van der Waals surface area (Å²) < 4.78 is 52.7. The summed E-state index contributed by atoms with van der Waals surface area (Å²) in [6, 6.07) is 17.2. The SMILES string of the molecule is Cc1cc(N2C(=O)C3C4C(=O)N(C)C(=O)C4C3C2=O)ccc1CCOC(=O)/C=C/c1ccc(OC(=O)c2ccc(OCCCC(F)(F)F)cc2)cc1. The number of amides is 4. The number of alkyl halides is 3. The molecule has 14 heteroatoms. The Bertz CT molecular complexity index is 1920. The van der Waals surface area contributed by atoms with Gasteiger partial charge in [-0.25, -0.2) is 9.59 Å². The van der Waals surface area contributed by atoms with Crippen molar-refractivity contribution >= 4 is 47.3 Å². The van der Waals surface area contributed by atoms with Crippen LogP contribution in [0.15, 0.2) is 72.8 Å². The van der Waals surface area contributed by atoms with Crippen LogP contribution in [-0.2, 0) is 35.1 Å². The van der Waals surface area contributed by atoms with Gasteiger partial charge in [0.25, 0.3) is 0 Å². The number of hydrogen-bond donors (Lipinski definition) is 0.